The van der Waals surface area contributed by atoms with Crippen LogP contribution in [0, 0.1) is 0 Å². The molecular weight excluding hydrogens is 669 g/mol. The number of aromatic nitrogens is 4. The Labute approximate surface area is 319 Å². The van der Waals surface area contributed by atoms with E-state index in [9.17, 15) is 0 Å². The number of benzene rings is 8. The van der Waals surface area contributed by atoms with Crippen molar-refractivity contribution in [3.63, 3.8) is 0 Å². The Balaban J connectivity index is 1.10. The van der Waals surface area contributed by atoms with Crippen LogP contribution >= 0.6 is 0 Å². The van der Waals surface area contributed by atoms with Crippen LogP contribution in [0.1, 0.15) is 0 Å². The quantitative estimate of drug-likeness (QED) is 0.166. The zero-order valence-corrected chi connectivity index (χ0v) is 29.9. The van der Waals surface area contributed by atoms with E-state index in [1.807, 2.05) is 42.5 Å². The van der Waals surface area contributed by atoms with Crippen LogP contribution in [0.5, 0.6) is 0 Å². The Morgan fingerprint density at radius 1 is 0.273 bits per heavy atom. The first-order valence-corrected chi connectivity index (χ1v) is 18.5. The second-order valence-electron chi connectivity index (χ2n) is 13.7. The molecule has 0 radical (unpaired) electrons. The molecule has 0 spiro atoms. The maximum atomic E-state index is 5.19. The molecule has 0 atom stereocenters. The van der Waals surface area contributed by atoms with E-state index < -0.39 is 0 Å². The number of fused-ring (bicyclic) bond motifs is 3. The third kappa shape index (κ3) is 6.06. The summed E-state index contributed by atoms with van der Waals surface area (Å²) in [5.74, 6) is 1.88. The average molecular weight is 703 g/mol. The Morgan fingerprint density at radius 2 is 0.727 bits per heavy atom. The lowest BCUT2D eigenvalue weighted by Gasteiger charge is -2.14. The highest BCUT2D eigenvalue weighted by atomic mass is 15.0. The molecule has 2 aromatic heterocycles. The van der Waals surface area contributed by atoms with Crippen molar-refractivity contribution in [3.05, 3.63) is 206 Å². The highest BCUT2D eigenvalue weighted by molar-refractivity contribution is 6.10. The predicted molar refractivity (Wildman–Crippen MR) is 227 cm³/mol. The van der Waals surface area contributed by atoms with Crippen LogP contribution < -0.4 is 0 Å². The third-order valence-corrected chi connectivity index (χ3v) is 10.3. The molecule has 0 unspecified atom stereocenters. The highest BCUT2D eigenvalue weighted by Gasteiger charge is 2.18. The van der Waals surface area contributed by atoms with Gasteiger partial charge < -0.3 is 4.57 Å². The molecule has 0 N–H and O–H groups in total. The summed E-state index contributed by atoms with van der Waals surface area (Å²) in [6.07, 6.45) is 0. The van der Waals surface area contributed by atoms with Crippen molar-refractivity contribution < 1.29 is 0 Å². The minimum Gasteiger partial charge on any atom is -0.309 e. The molecule has 10 aromatic rings. The molecule has 55 heavy (non-hydrogen) atoms. The smallest absolute Gasteiger partial charge is 0.164 e. The summed E-state index contributed by atoms with van der Waals surface area (Å²) in [6, 6.07) is 72.2. The molecule has 0 saturated heterocycles. The van der Waals surface area contributed by atoms with E-state index in [1.165, 1.54) is 21.9 Å². The molecule has 4 heteroatoms. The van der Waals surface area contributed by atoms with Gasteiger partial charge in [0.1, 0.15) is 0 Å². The van der Waals surface area contributed by atoms with Crippen LogP contribution in [0.3, 0.4) is 0 Å². The zero-order valence-electron chi connectivity index (χ0n) is 29.9. The molecule has 0 fully saturated rings. The fourth-order valence-corrected chi connectivity index (χ4v) is 7.57. The SMILES string of the molecule is c1ccc(-c2ccc(-c3nc(-c4ccccc4)nc(-c4ccc(-n5c6ccccc6c6cc(-c7ccccc7)ccc65)cc4)n3)c(-c3ccccc3)c2)cc1. The lowest BCUT2D eigenvalue weighted by Crippen LogP contribution is -2.01. The van der Waals surface area contributed by atoms with E-state index in [0.29, 0.717) is 17.5 Å². The Hall–Kier alpha value is -7.43. The summed E-state index contributed by atoms with van der Waals surface area (Å²) in [5, 5.41) is 2.45. The Kier molecular flexibility index (Phi) is 8.12. The van der Waals surface area contributed by atoms with Gasteiger partial charge >= 0.3 is 0 Å². The van der Waals surface area contributed by atoms with Crippen molar-refractivity contribution in [3.8, 4) is 73.2 Å². The van der Waals surface area contributed by atoms with Gasteiger partial charge in [0, 0.05) is 33.2 Å². The van der Waals surface area contributed by atoms with Crippen LogP contribution in [-0.4, -0.2) is 19.5 Å². The summed E-state index contributed by atoms with van der Waals surface area (Å²) >= 11 is 0. The number of rotatable bonds is 7. The molecule has 10 rings (SSSR count). The normalized spacial score (nSPS) is 11.3. The fourth-order valence-electron chi connectivity index (χ4n) is 7.57. The van der Waals surface area contributed by atoms with Gasteiger partial charge in [-0.05, 0) is 88.0 Å². The Morgan fingerprint density at radius 3 is 1.36 bits per heavy atom. The van der Waals surface area contributed by atoms with Gasteiger partial charge in [-0.3, -0.25) is 0 Å². The summed E-state index contributed by atoms with van der Waals surface area (Å²) in [7, 11) is 0. The van der Waals surface area contributed by atoms with Gasteiger partial charge in [-0.15, -0.1) is 0 Å². The van der Waals surface area contributed by atoms with Gasteiger partial charge in [-0.1, -0.05) is 152 Å². The van der Waals surface area contributed by atoms with Gasteiger partial charge in [0.15, 0.2) is 17.5 Å². The fraction of sp³-hybridized carbons (Fsp3) is 0. The van der Waals surface area contributed by atoms with Crippen LogP contribution in [-0.2, 0) is 0 Å². The molecule has 2 heterocycles. The van der Waals surface area contributed by atoms with Crippen molar-refractivity contribution in [2.75, 3.05) is 0 Å². The molecule has 0 amide bonds. The van der Waals surface area contributed by atoms with Gasteiger partial charge in [0.2, 0.25) is 0 Å². The second kappa shape index (κ2) is 13.8. The van der Waals surface area contributed by atoms with Gasteiger partial charge in [-0.25, -0.2) is 15.0 Å². The van der Waals surface area contributed by atoms with E-state index >= 15 is 0 Å². The molecule has 0 aliphatic carbocycles. The number of nitrogens with zero attached hydrogens (tertiary/aromatic N) is 4. The zero-order chi connectivity index (χ0) is 36.6. The third-order valence-electron chi connectivity index (χ3n) is 10.3. The summed E-state index contributed by atoms with van der Waals surface area (Å²) < 4.78 is 2.35. The monoisotopic (exact) mass is 702 g/mol. The summed E-state index contributed by atoms with van der Waals surface area (Å²) in [5.41, 5.74) is 13.1. The van der Waals surface area contributed by atoms with E-state index in [0.717, 1.165) is 55.7 Å². The maximum absolute atomic E-state index is 5.19. The van der Waals surface area contributed by atoms with Gasteiger partial charge in [-0.2, -0.15) is 0 Å². The van der Waals surface area contributed by atoms with E-state index in [-0.39, 0.29) is 0 Å². The second-order valence-corrected chi connectivity index (χ2v) is 13.7. The number of hydrogen-bond acceptors (Lipinski definition) is 3. The van der Waals surface area contributed by atoms with Crippen LogP contribution in [0.25, 0.3) is 95.0 Å². The first-order valence-electron chi connectivity index (χ1n) is 18.5. The Bertz CT molecular complexity index is 2940. The molecule has 0 aliphatic rings. The van der Waals surface area contributed by atoms with Gasteiger partial charge in [0.25, 0.3) is 0 Å². The van der Waals surface area contributed by atoms with Crippen molar-refractivity contribution in [2.45, 2.75) is 0 Å². The molecule has 0 bridgehead atoms. The highest BCUT2D eigenvalue weighted by Crippen LogP contribution is 2.38. The topological polar surface area (TPSA) is 43.6 Å². The van der Waals surface area contributed by atoms with Crippen molar-refractivity contribution in [2.24, 2.45) is 0 Å². The molecule has 0 aliphatic heterocycles. The lowest BCUT2D eigenvalue weighted by molar-refractivity contribution is 1.07. The number of para-hydroxylation sites is 1. The standard InChI is InChI=1S/C51H34N4/c1-5-15-35(16-6-1)40-27-31-44(45(33-40)37-19-9-3-10-20-37)51-53-49(38-21-11-4-12-22-38)52-50(54-51)39-25-29-42(30-26-39)55-47-24-14-13-23-43(47)46-34-41(28-32-48(46)55)36-17-7-2-8-18-36/h1-34H. The maximum Gasteiger partial charge on any atom is 0.164 e. The largest absolute Gasteiger partial charge is 0.309 e. The van der Waals surface area contributed by atoms with Crippen molar-refractivity contribution in [1.29, 1.82) is 0 Å². The average Bonchev–Trinajstić information content (AvgIpc) is 3.61. The first-order chi connectivity index (χ1) is 27.3. The van der Waals surface area contributed by atoms with Crippen LogP contribution in [0.2, 0.25) is 0 Å². The molecule has 0 saturated carbocycles. The lowest BCUT2D eigenvalue weighted by atomic mass is 9.94. The van der Waals surface area contributed by atoms with Crippen molar-refractivity contribution in [1.82, 2.24) is 19.5 Å². The number of hydrogen-bond donors (Lipinski definition) is 0. The molecular formula is C51H34N4. The summed E-state index contributed by atoms with van der Waals surface area (Å²) in [4.78, 5) is 15.4. The minimum absolute atomic E-state index is 0.622. The molecule has 8 aromatic carbocycles. The van der Waals surface area contributed by atoms with Gasteiger partial charge in [0.05, 0.1) is 11.0 Å². The van der Waals surface area contributed by atoms with Crippen molar-refractivity contribution >= 4 is 21.8 Å². The predicted octanol–water partition coefficient (Wildman–Crippen LogP) is 13.0. The van der Waals surface area contributed by atoms with Crippen LogP contribution in [0.15, 0.2) is 206 Å². The van der Waals surface area contributed by atoms with Crippen LogP contribution in [0.4, 0.5) is 0 Å². The van der Waals surface area contributed by atoms with E-state index in [1.54, 1.807) is 0 Å². The van der Waals surface area contributed by atoms with E-state index in [4.69, 9.17) is 15.0 Å². The van der Waals surface area contributed by atoms with E-state index in [2.05, 4.69) is 168 Å². The molecule has 4 nitrogen and oxygen atoms in total. The first kappa shape index (κ1) is 32.2. The summed E-state index contributed by atoms with van der Waals surface area (Å²) in [6.45, 7) is 0. The molecule has 258 valence electrons. The minimum atomic E-state index is 0.622.